The fourth-order valence-electron chi connectivity index (χ4n) is 3.00. The highest BCUT2D eigenvalue weighted by atomic mass is 32.1. The van der Waals surface area contributed by atoms with Gasteiger partial charge in [-0.3, -0.25) is 4.79 Å². The van der Waals surface area contributed by atoms with Crippen LogP contribution in [-0.4, -0.2) is 23.2 Å². The van der Waals surface area contributed by atoms with Gasteiger partial charge in [-0.15, -0.1) is 10.2 Å². The van der Waals surface area contributed by atoms with E-state index in [1.165, 1.54) is 24.3 Å². The maximum Gasteiger partial charge on any atom is 0.217 e. The zero-order chi connectivity index (χ0) is 20.1. The Morgan fingerprint density at radius 3 is 2.71 bits per heavy atom. The minimum absolute atomic E-state index is 0.162. The number of aryl methyl sites for hydroxylation is 1. The van der Waals surface area contributed by atoms with Gasteiger partial charge in [0.1, 0.15) is 15.8 Å². The molecule has 1 aromatic heterocycles. The number of carbonyl (C=O) groups excluding carboxylic acids is 1. The highest BCUT2D eigenvalue weighted by molar-refractivity contribution is 7.14. The number of aromatic nitrogens is 2. The first-order chi connectivity index (χ1) is 13.5. The normalized spacial score (nSPS) is 12.0. The predicted octanol–water partition coefficient (Wildman–Crippen LogP) is 3.79. The number of hydrogen-bond donors (Lipinski definition) is 2. The van der Waals surface area contributed by atoms with Crippen molar-refractivity contribution in [3.8, 4) is 10.6 Å². The number of hydrogen-bond acceptors (Lipinski definition) is 5. The number of amides is 1. The van der Waals surface area contributed by atoms with Gasteiger partial charge < -0.3 is 10.6 Å². The van der Waals surface area contributed by atoms with Gasteiger partial charge in [0.25, 0.3) is 0 Å². The van der Waals surface area contributed by atoms with Gasteiger partial charge in [0.15, 0.2) is 0 Å². The molecule has 0 spiro atoms. The van der Waals surface area contributed by atoms with E-state index in [2.05, 4.69) is 20.8 Å². The van der Waals surface area contributed by atoms with Crippen LogP contribution in [0.2, 0.25) is 0 Å². The lowest BCUT2D eigenvalue weighted by Crippen LogP contribution is -2.27. The summed E-state index contributed by atoms with van der Waals surface area (Å²) < 4.78 is 14.3. The first-order valence-corrected chi connectivity index (χ1v) is 9.87. The van der Waals surface area contributed by atoms with Crippen molar-refractivity contribution in [1.82, 2.24) is 20.8 Å². The Morgan fingerprint density at radius 1 is 1.21 bits per heavy atom. The van der Waals surface area contributed by atoms with Gasteiger partial charge in [0, 0.05) is 24.6 Å². The molecule has 0 aliphatic rings. The second-order valence-electron chi connectivity index (χ2n) is 6.73. The van der Waals surface area contributed by atoms with Crippen molar-refractivity contribution < 1.29 is 9.18 Å². The summed E-state index contributed by atoms with van der Waals surface area (Å²) >= 11 is 1.44. The largest absolute Gasteiger partial charge is 0.347 e. The first-order valence-electron chi connectivity index (χ1n) is 9.05. The van der Waals surface area contributed by atoms with E-state index >= 15 is 0 Å². The van der Waals surface area contributed by atoms with Crippen LogP contribution in [0.15, 0.2) is 42.5 Å². The molecule has 2 aromatic carbocycles. The third kappa shape index (κ3) is 4.99. The van der Waals surface area contributed by atoms with Crippen LogP contribution in [0.1, 0.15) is 34.7 Å². The van der Waals surface area contributed by atoms with Gasteiger partial charge in [-0.1, -0.05) is 47.2 Å². The van der Waals surface area contributed by atoms with Gasteiger partial charge in [-0.25, -0.2) is 4.39 Å². The van der Waals surface area contributed by atoms with Crippen LogP contribution >= 0.6 is 11.3 Å². The quantitative estimate of drug-likeness (QED) is 0.635. The Balaban J connectivity index is 1.85. The van der Waals surface area contributed by atoms with Crippen LogP contribution in [-0.2, 0) is 17.8 Å². The summed E-state index contributed by atoms with van der Waals surface area (Å²) in [6, 6.07) is 12.8. The zero-order valence-electron chi connectivity index (χ0n) is 16.1. The lowest BCUT2D eigenvalue weighted by molar-refractivity contribution is -0.119. The summed E-state index contributed by atoms with van der Waals surface area (Å²) in [4.78, 5) is 11.7. The molecule has 3 aromatic rings. The maximum absolute atomic E-state index is 14.3. The van der Waals surface area contributed by atoms with Crippen molar-refractivity contribution in [3.63, 3.8) is 0 Å². The molecule has 0 radical (unpaired) electrons. The monoisotopic (exact) mass is 398 g/mol. The molecule has 3 rings (SSSR count). The number of rotatable bonds is 7. The fraction of sp³-hybridized carbons (Fsp3) is 0.286. The smallest absolute Gasteiger partial charge is 0.217 e. The van der Waals surface area contributed by atoms with Crippen molar-refractivity contribution in [2.45, 2.75) is 32.9 Å². The Morgan fingerprint density at radius 2 is 2.04 bits per heavy atom. The molecule has 0 saturated carbocycles. The molecule has 1 atom stereocenters. The Labute approximate surface area is 168 Å². The van der Waals surface area contributed by atoms with Crippen LogP contribution in [0.5, 0.6) is 0 Å². The van der Waals surface area contributed by atoms with E-state index in [0.29, 0.717) is 23.5 Å². The number of nitrogens with zero attached hydrogens (tertiary/aromatic N) is 2. The van der Waals surface area contributed by atoms with Crippen LogP contribution in [0.4, 0.5) is 4.39 Å². The average Bonchev–Trinajstić information content (AvgIpc) is 3.13. The van der Waals surface area contributed by atoms with Gasteiger partial charge in [-0.2, -0.15) is 0 Å². The zero-order valence-corrected chi connectivity index (χ0v) is 16.9. The van der Waals surface area contributed by atoms with Crippen LogP contribution in [0.3, 0.4) is 0 Å². The van der Waals surface area contributed by atoms with Crippen molar-refractivity contribution >= 4 is 17.2 Å². The van der Waals surface area contributed by atoms with Gasteiger partial charge in [0.05, 0.1) is 6.04 Å². The molecule has 5 nitrogen and oxygen atoms in total. The number of halogens is 1. The molecular weight excluding hydrogens is 375 g/mol. The molecule has 0 aliphatic heterocycles. The molecule has 28 heavy (non-hydrogen) atoms. The van der Waals surface area contributed by atoms with E-state index in [1.807, 2.05) is 37.3 Å². The van der Waals surface area contributed by atoms with Gasteiger partial charge >= 0.3 is 0 Å². The number of nitrogens with one attached hydrogen (secondary N) is 2. The van der Waals surface area contributed by atoms with Crippen LogP contribution in [0.25, 0.3) is 10.6 Å². The van der Waals surface area contributed by atoms with E-state index in [4.69, 9.17) is 0 Å². The fourth-order valence-corrected chi connectivity index (χ4v) is 3.89. The van der Waals surface area contributed by atoms with E-state index in [1.54, 1.807) is 13.1 Å². The Hall–Kier alpha value is -2.64. The lowest BCUT2D eigenvalue weighted by Gasteiger charge is -2.15. The molecule has 0 bridgehead atoms. The summed E-state index contributed by atoms with van der Waals surface area (Å²) in [7, 11) is 1.78. The summed E-state index contributed by atoms with van der Waals surface area (Å²) in [6.07, 6.45) is 0.443. The van der Waals surface area contributed by atoms with Crippen LogP contribution < -0.4 is 10.6 Å². The molecule has 0 fully saturated rings. The Bertz CT molecular complexity index is 973. The minimum Gasteiger partial charge on any atom is -0.347 e. The molecule has 1 heterocycles. The molecule has 7 heteroatoms. The molecule has 1 unspecified atom stereocenters. The van der Waals surface area contributed by atoms with Crippen LogP contribution in [0, 0.1) is 12.7 Å². The van der Waals surface area contributed by atoms with E-state index in [9.17, 15) is 9.18 Å². The topological polar surface area (TPSA) is 66.9 Å². The molecule has 0 aliphatic carbocycles. The minimum atomic E-state index is -0.358. The lowest BCUT2D eigenvalue weighted by atomic mass is 10.0. The highest BCUT2D eigenvalue weighted by Gasteiger charge is 2.20. The van der Waals surface area contributed by atoms with Crippen molar-refractivity contribution in [1.29, 1.82) is 0 Å². The summed E-state index contributed by atoms with van der Waals surface area (Å²) in [5.74, 6) is -0.421. The average molecular weight is 399 g/mol. The number of benzene rings is 2. The third-order valence-corrected chi connectivity index (χ3v) is 5.39. The maximum atomic E-state index is 14.3. The summed E-state index contributed by atoms with van der Waals surface area (Å²) in [5.41, 5.74) is 3.54. The second-order valence-corrected chi connectivity index (χ2v) is 7.74. The SMILES string of the molecule is CNCc1ccc(CC(NC(C)=O)c2nnc(-c3cccc(C)c3)s2)cc1F. The van der Waals surface area contributed by atoms with E-state index < -0.39 is 0 Å². The van der Waals surface area contributed by atoms with Crippen molar-refractivity contribution in [3.05, 3.63) is 70.0 Å². The second kappa shape index (κ2) is 9.03. The van der Waals surface area contributed by atoms with Crippen molar-refractivity contribution in [2.24, 2.45) is 0 Å². The number of carbonyl (C=O) groups is 1. The summed E-state index contributed by atoms with van der Waals surface area (Å²) in [5, 5.41) is 15.9. The third-order valence-electron chi connectivity index (χ3n) is 4.31. The highest BCUT2D eigenvalue weighted by Crippen LogP contribution is 2.29. The van der Waals surface area contributed by atoms with Crippen molar-refractivity contribution in [2.75, 3.05) is 7.05 Å². The molecule has 0 saturated heterocycles. The van der Waals surface area contributed by atoms with Gasteiger partial charge in [0.2, 0.25) is 5.91 Å². The molecule has 2 N–H and O–H groups in total. The van der Waals surface area contributed by atoms with E-state index in [-0.39, 0.29) is 17.8 Å². The Kier molecular flexibility index (Phi) is 6.49. The molecular formula is C21H23FN4OS. The van der Waals surface area contributed by atoms with Gasteiger partial charge in [-0.05, 0) is 38.1 Å². The summed E-state index contributed by atoms with van der Waals surface area (Å²) in [6.45, 7) is 3.96. The first kappa shape index (κ1) is 20.1. The predicted molar refractivity (Wildman–Crippen MR) is 110 cm³/mol. The standard InChI is InChI=1S/C21H23FN4OS/c1-13-5-4-6-16(9-13)20-25-26-21(28-20)19(24-14(2)27)11-15-7-8-17(12-23-3)18(22)10-15/h4-10,19,23H,11-12H2,1-3H3,(H,24,27). The molecule has 146 valence electrons. The molecule has 1 amide bonds. The van der Waals surface area contributed by atoms with E-state index in [0.717, 1.165) is 21.7 Å².